The van der Waals surface area contributed by atoms with Gasteiger partial charge in [0.25, 0.3) is 5.56 Å². The van der Waals surface area contributed by atoms with E-state index in [0.717, 1.165) is 36.9 Å². The lowest BCUT2D eigenvalue weighted by Crippen LogP contribution is -2.30. The van der Waals surface area contributed by atoms with E-state index in [9.17, 15) is 9.59 Å². The number of H-pyrrole nitrogens is 1. The van der Waals surface area contributed by atoms with Gasteiger partial charge in [-0.2, -0.15) is 5.10 Å². The number of nitrogens with zero attached hydrogens (tertiary/aromatic N) is 1. The number of hydrogen-bond acceptors (Lipinski definition) is 3. The lowest BCUT2D eigenvalue weighted by atomic mass is 9.88. The van der Waals surface area contributed by atoms with Crippen molar-refractivity contribution >= 4 is 11.6 Å². The molecule has 2 aromatic rings. The van der Waals surface area contributed by atoms with E-state index in [0.29, 0.717) is 5.69 Å². The zero-order valence-corrected chi connectivity index (χ0v) is 12.6. The number of nitrogens with one attached hydrogen (secondary N) is 2. The highest BCUT2D eigenvalue weighted by atomic mass is 16.2. The summed E-state index contributed by atoms with van der Waals surface area (Å²) in [6.07, 6.45) is 4.16. The normalized spacial score (nSPS) is 16.4. The van der Waals surface area contributed by atoms with Gasteiger partial charge in [-0.3, -0.25) is 9.59 Å². The van der Waals surface area contributed by atoms with Gasteiger partial charge in [0.05, 0.1) is 5.69 Å². The Morgan fingerprint density at radius 1 is 1.14 bits per heavy atom. The van der Waals surface area contributed by atoms with Gasteiger partial charge in [0.2, 0.25) is 5.91 Å². The number of rotatable bonds is 3. The van der Waals surface area contributed by atoms with E-state index in [2.05, 4.69) is 15.5 Å². The molecule has 0 radical (unpaired) electrons. The van der Waals surface area contributed by atoms with Crippen molar-refractivity contribution in [1.29, 1.82) is 0 Å². The average molecular weight is 297 g/mol. The van der Waals surface area contributed by atoms with Gasteiger partial charge in [-0.15, -0.1) is 0 Å². The number of benzene rings is 1. The van der Waals surface area contributed by atoms with Crippen LogP contribution in [-0.4, -0.2) is 16.1 Å². The Labute approximate surface area is 128 Å². The summed E-state index contributed by atoms with van der Waals surface area (Å²) in [6, 6.07) is 10.6. The van der Waals surface area contributed by atoms with Crippen LogP contribution in [0.4, 0.5) is 5.69 Å². The van der Waals surface area contributed by atoms with E-state index in [4.69, 9.17) is 0 Å². The van der Waals surface area contributed by atoms with Crippen molar-refractivity contribution in [3.63, 3.8) is 0 Å². The van der Waals surface area contributed by atoms with Crippen LogP contribution in [0.15, 0.2) is 41.2 Å². The lowest BCUT2D eigenvalue weighted by molar-refractivity contribution is -0.124. The Kier molecular flexibility index (Phi) is 3.79. The predicted molar refractivity (Wildman–Crippen MR) is 85.5 cm³/mol. The zero-order valence-electron chi connectivity index (χ0n) is 12.6. The van der Waals surface area contributed by atoms with E-state index < -0.39 is 0 Å². The van der Waals surface area contributed by atoms with Crippen LogP contribution in [0.5, 0.6) is 0 Å². The molecule has 1 aliphatic carbocycles. The molecule has 114 valence electrons. The summed E-state index contributed by atoms with van der Waals surface area (Å²) in [4.78, 5) is 23.4. The van der Waals surface area contributed by atoms with Gasteiger partial charge in [0.1, 0.15) is 0 Å². The summed E-state index contributed by atoms with van der Waals surface area (Å²) < 4.78 is 0. The highest BCUT2D eigenvalue weighted by Crippen LogP contribution is 2.38. The van der Waals surface area contributed by atoms with Crippen LogP contribution in [0.2, 0.25) is 0 Å². The van der Waals surface area contributed by atoms with Gasteiger partial charge in [0.15, 0.2) is 0 Å². The topological polar surface area (TPSA) is 74.8 Å². The molecule has 0 saturated heterocycles. The van der Waals surface area contributed by atoms with Gasteiger partial charge >= 0.3 is 0 Å². The van der Waals surface area contributed by atoms with Crippen LogP contribution >= 0.6 is 0 Å². The highest BCUT2D eigenvalue weighted by molar-refractivity contribution is 5.95. The van der Waals surface area contributed by atoms with Crippen molar-refractivity contribution in [3.05, 3.63) is 46.8 Å². The first-order valence-corrected chi connectivity index (χ1v) is 7.54. The minimum Gasteiger partial charge on any atom is -0.326 e. The monoisotopic (exact) mass is 297 g/mol. The SMILES string of the molecule is CC1(C(=O)Nc2ccc(-c3ccc(=O)[nH]n3)cc2)CCCC1. The maximum absolute atomic E-state index is 12.4. The number of carbonyl (C=O) groups is 1. The molecule has 3 rings (SSSR count). The van der Waals surface area contributed by atoms with Gasteiger partial charge in [-0.05, 0) is 31.0 Å². The van der Waals surface area contributed by atoms with E-state index >= 15 is 0 Å². The molecule has 1 heterocycles. The fourth-order valence-electron chi connectivity index (χ4n) is 2.89. The fraction of sp³-hybridized carbons (Fsp3) is 0.353. The maximum Gasteiger partial charge on any atom is 0.264 e. The van der Waals surface area contributed by atoms with E-state index in [1.807, 2.05) is 31.2 Å². The Morgan fingerprint density at radius 3 is 2.41 bits per heavy atom. The molecule has 0 bridgehead atoms. The zero-order chi connectivity index (χ0) is 15.6. The molecule has 1 saturated carbocycles. The number of amides is 1. The number of hydrogen-bond donors (Lipinski definition) is 2. The summed E-state index contributed by atoms with van der Waals surface area (Å²) >= 11 is 0. The van der Waals surface area contributed by atoms with Crippen molar-refractivity contribution in [1.82, 2.24) is 10.2 Å². The molecule has 1 aromatic heterocycles. The molecular weight excluding hydrogens is 278 g/mol. The maximum atomic E-state index is 12.4. The quantitative estimate of drug-likeness (QED) is 0.914. The van der Waals surface area contributed by atoms with E-state index in [1.165, 1.54) is 6.07 Å². The smallest absolute Gasteiger partial charge is 0.264 e. The van der Waals surface area contributed by atoms with Gasteiger partial charge < -0.3 is 5.32 Å². The molecule has 2 N–H and O–H groups in total. The minimum absolute atomic E-state index is 0.0971. The summed E-state index contributed by atoms with van der Waals surface area (Å²) in [5, 5.41) is 9.40. The van der Waals surface area contributed by atoms with Gasteiger partial charge in [-0.25, -0.2) is 5.10 Å². The average Bonchev–Trinajstić information content (AvgIpc) is 2.97. The molecule has 0 aliphatic heterocycles. The van der Waals surface area contributed by atoms with Crippen LogP contribution in [0.25, 0.3) is 11.3 Å². The molecule has 1 aliphatic rings. The first-order chi connectivity index (χ1) is 10.6. The predicted octanol–water partition coefficient (Wildman–Crippen LogP) is 2.96. The Hall–Kier alpha value is -2.43. The van der Waals surface area contributed by atoms with Crippen LogP contribution in [0, 0.1) is 5.41 Å². The number of aromatic amines is 1. The van der Waals surface area contributed by atoms with Crippen molar-refractivity contribution < 1.29 is 4.79 Å². The number of anilines is 1. The van der Waals surface area contributed by atoms with Crippen molar-refractivity contribution in [3.8, 4) is 11.3 Å². The van der Waals surface area contributed by atoms with Crippen molar-refractivity contribution in [2.24, 2.45) is 5.41 Å². The molecule has 0 atom stereocenters. The second-order valence-electron chi connectivity index (χ2n) is 6.11. The number of aromatic nitrogens is 2. The molecule has 0 spiro atoms. The molecule has 1 fully saturated rings. The summed E-state index contributed by atoms with van der Waals surface area (Å²) in [6.45, 7) is 2.04. The van der Waals surface area contributed by atoms with Crippen molar-refractivity contribution in [2.75, 3.05) is 5.32 Å². The Bertz CT molecular complexity index is 708. The Morgan fingerprint density at radius 2 is 1.82 bits per heavy atom. The van der Waals surface area contributed by atoms with Crippen LogP contribution in [0.1, 0.15) is 32.6 Å². The van der Waals surface area contributed by atoms with E-state index in [1.54, 1.807) is 6.07 Å². The second-order valence-corrected chi connectivity index (χ2v) is 6.11. The van der Waals surface area contributed by atoms with Gasteiger partial charge in [0, 0.05) is 22.7 Å². The first kappa shape index (κ1) is 14.5. The third-order valence-electron chi connectivity index (χ3n) is 4.37. The first-order valence-electron chi connectivity index (χ1n) is 7.54. The fourth-order valence-corrected chi connectivity index (χ4v) is 2.89. The van der Waals surface area contributed by atoms with Crippen molar-refractivity contribution in [2.45, 2.75) is 32.6 Å². The standard InChI is InChI=1S/C17H19N3O2/c1-17(10-2-3-11-17)16(22)18-13-6-4-12(5-7-13)14-8-9-15(21)20-19-14/h4-9H,2-3,10-11H2,1H3,(H,18,22)(H,20,21). The van der Waals surface area contributed by atoms with E-state index in [-0.39, 0.29) is 16.9 Å². The molecule has 22 heavy (non-hydrogen) atoms. The van der Waals surface area contributed by atoms with Gasteiger partial charge in [-0.1, -0.05) is 31.9 Å². The lowest BCUT2D eigenvalue weighted by Gasteiger charge is -2.22. The molecule has 5 heteroatoms. The van der Waals surface area contributed by atoms with Crippen LogP contribution in [0.3, 0.4) is 0 Å². The number of carbonyl (C=O) groups excluding carboxylic acids is 1. The van der Waals surface area contributed by atoms with Crippen LogP contribution < -0.4 is 10.9 Å². The molecule has 0 unspecified atom stereocenters. The summed E-state index contributed by atoms with van der Waals surface area (Å²) in [5.74, 6) is 0.0971. The highest BCUT2D eigenvalue weighted by Gasteiger charge is 2.36. The molecule has 1 aromatic carbocycles. The summed E-state index contributed by atoms with van der Waals surface area (Å²) in [7, 11) is 0. The minimum atomic E-state index is -0.237. The molecular formula is C17H19N3O2. The third-order valence-corrected chi connectivity index (χ3v) is 4.37. The van der Waals surface area contributed by atoms with Crippen LogP contribution in [-0.2, 0) is 4.79 Å². The Balaban J connectivity index is 1.73. The molecule has 1 amide bonds. The largest absolute Gasteiger partial charge is 0.326 e. The third kappa shape index (κ3) is 2.93. The second kappa shape index (κ2) is 5.75. The summed E-state index contributed by atoms with van der Waals surface area (Å²) in [5.41, 5.74) is 1.91. The molecule has 5 nitrogen and oxygen atoms in total.